The van der Waals surface area contributed by atoms with Crippen LogP contribution in [0, 0.1) is 6.92 Å². The first kappa shape index (κ1) is 27.9. The first-order chi connectivity index (χ1) is 19.2. The fourth-order valence-electron chi connectivity index (χ4n) is 5.51. The third kappa shape index (κ3) is 6.56. The molecule has 2 amide bonds. The van der Waals surface area contributed by atoms with Crippen LogP contribution in [0.4, 0.5) is 13.2 Å². The normalized spacial score (nSPS) is 17.0. The molecular formula is C29H35F3N6O2. The number of alkyl halides is 3. The van der Waals surface area contributed by atoms with Crippen LogP contribution < -0.4 is 10.6 Å². The molecule has 8 nitrogen and oxygen atoms in total. The number of nitrogens with zero attached hydrogens (tertiary/aromatic N) is 4. The predicted molar refractivity (Wildman–Crippen MR) is 143 cm³/mol. The molecule has 0 radical (unpaired) electrons. The van der Waals surface area contributed by atoms with Crippen molar-refractivity contribution in [1.29, 1.82) is 0 Å². The molecule has 3 aromatic rings. The van der Waals surface area contributed by atoms with E-state index in [4.69, 9.17) is 0 Å². The maximum Gasteiger partial charge on any atom is 0.417 e. The Hall–Kier alpha value is -3.63. The lowest BCUT2D eigenvalue weighted by atomic mass is 9.93. The second kappa shape index (κ2) is 11.9. The molecule has 40 heavy (non-hydrogen) atoms. The van der Waals surface area contributed by atoms with E-state index < -0.39 is 23.7 Å². The van der Waals surface area contributed by atoms with Crippen molar-refractivity contribution in [3.05, 3.63) is 59.5 Å². The average molecular weight is 557 g/mol. The minimum Gasteiger partial charge on any atom is -0.353 e. The zero-order valence-corrected chi connectivity index (χ0v) is 22.6. The summed E-state index contributed by atoms with van der Waals surface area (Å²) in [6.45, 7) is 2.43. The van der Waals surface area contributed by atoms with Gasteiger partial charge in [-0.2, -0.15) is 23.4 Å². The van der Waals surface area contributed by atoms with Crippen LogP contribution in [-0.2, 0) is 17.5 Å². The quantitative estimate of drug-likeness (QED) is 0.348. The second-order valence-electron chi connectivity index (χ2n) is 11.0. The van der Waals surface area contributed by atoms with E-state index in [1.54, 1.807) is 21.6 Å². The van der Waals surface area contributed by atoms with Crippen LogP contribution in [0.2, 0.25) is 0 Å². The standard InChI is InChI=1S/C29H35F3N6O2/c1-19-17-33-37(18-19)14-13-21(15-27(39)34-20-7-6-8-20)35-28(40)25-16-26(38(36-25)22-9-2-3-10-22)23-11-4-5-12-24(23)29(30,31)32/h4-5,11-12,16-18,20-22H,2-3,6-10,13-15H2,1H3,(H,34,39)(H,35,40)/t21-/m0/s1. The van der Waals surface area contributed by atoms with Crippen LogP contribution >= 0.6 is 0 Å². The summed E-state index contributed by atoms with van der Waals surface area (Å²) in [6.07, 6.45) is 6.12. The van der Waals surface area contributed by atoms with E-state index in [1.807, 2.05) is 13.1 Å². The van der Waals surface area contributed by atoms with Gasteiger partial charge in [0, 0.05) is 36.8 Å². The number of rotatable bonds is 10. The molecule has 0 saturated heterocycles. The number of hydrogen-bond acceptors (Lipinski definition) is 4. The Morgan fingerprint density at radius 3 is 2.50 bits per heavy atom. The van der Waals surface area contributed by atoms with E-state index in [-0.39, 0.29) is 41.4 Å². The molecule has 2 saturated carbocycles. The summed E-state index contributed by atoms with van der Waals surface area (Å²) in [7, 11) is 0. The summed E-state index contributed by atoms with van der Waals surface area (Å²) in [6, 6.07) is 6.43. The van der Waals surface area contributed by atoms with Gasteiger partial charge in [-0.1, -0.05) is 31.0 Å². The highest BCUT2D eigenvalue weighted by Gasteiger charge is 2.35. The fourth-order valence-corrected chi connectivity index (χ4v) is 5.51. The highest BCUT2D eigenvalue weighted by atomic mass is 19.4. The van der Waals surface area contributed by atoms with Crippen LogP contribution in [0.25, 0.3) is 11.3 Å². The summed E-state index contributed by atoms with van der Waals surface area (Å²) >= 11 is 0. The van der Waals surface area contributed by atoms with Crippen molar-refractivity contribution in [3.8, 4) is 11.3 Å². The number of carbonyl (C=O) groups excluding carboxylic acids is 2. The molecule has 1 aromatic carbocycles. The third-order valence-electron chi connectivity index (χ3n) is 7.85. The molecule has 214 valence electrons. The van der Waals surface area contributed by atoms with Gasteiger partial charge in [-0.05, 0) is 63.1 Å². The van der Waals surface area contributed by atoms with Crippen LogP contribution in [0.5, 0.6) is 0 Å². The van der Waals surface area contributed by atoms with E-state index in [0.717, 1.165) is 56.6 Å². The summed E-state index contributed by atoms with van der Waals surface area (Å²) in [5, 5.41) is 14.8. The van der Waals surface area contributed by atoms with Crippen molar-refractivity contribution in [2.24, 2.45) is 0 Å². The molecule has 5 rings (SSSR count). The minimum absolute atomic E-state index is 0.000992. The smallest absolute Gasteiger partial charge is 0.353 e. The maximum atomic E-state index is 13.9. The van der Waals surface area contributed by atoms with E-state index in [0.29, 0.717) is 13.0 Å². The maximum absolute atomic E-state index is 13.9. The second-order valence-corrected chi connectivity index (χ2v) is 11.0. The molecule has 2 aliphatic carbocycles. The molecule has 1 atom stereocenters. The van der Waals surface area contributed by atoms with E-state index >= 15 is 0 Å². The number of nitrogens with one attached hydrogen (secondary N) is 2. The average Bonchev–Trinajstić information content (AvgIpc) is 3.65. The summed E-state index contributed by atoms with van der Waals surface area (Å²) in [4.78, 5) is 26.2. The lowest BCUT2D eigenvalue weighted by molar-refractivity contribution is -0.137. The zero-order valence-electron chi connectivity index (χ0n) is 22.6. The van der Waals surface area contributed by atoms with E-state index in [2.05, 4.69) is 20.8 Å². The molecule has 11 heteroatoms. The fraction of sp³-hybridized carbons (Fsp3) is 0.517. The van der Waals surface area contributed by atoms with Crippen molar-refractivity contribution in [1.82, 2.24) is 30.2 Å². The Labute approximate surface area is 231 Å². The Morgan fingerprint density at radius 1 is 1.10 bits per heavy atom. The molecule has 0 bridgehead atoms. The first-order valence-corrected chi connectivity index (χ1v) is 14.0. The number of aromatic nitrogens is 4. The van der Waals surface area contributed by atoms with Gasteiger partial charge in [0.25, 0.3) is 5.91 Å². The molecule has 2 heterocycles. The molecule has 2 aromatic heterocycles. The van der Waals surface area contributed by atoms with Gasteiger partial charge in [-0.3, -0.25) is 19.0 Å². The molecule has 0 unspecified atom stereocenters. The zero-order chi connectivity index (χ0) is 28.3. The van der Waals surface area contributed by atoms with Crippen molar-refractivity contribution < 1.29 is 22.8 Å². The van der Waals surface area contributed by atoms with E-state index in [1.165, 1.54) is 18.2 Å². The Kier molecular flexibility index (Phi) is 8.27. The van der Waals surface area contributed by atoms with Crippen LogP contribution in [0.1, 0.15) is 85.4 Å². The number of aryl methyl sites for hydroxylation is 2. The summed E-state index contributed by atoms with van der Waals surface area (Å²) < 4.78 is 45.0. The Morgan fingerprint density at radius 2 is 1.85 bits per heavy atom. The van der Waals surface area contributed by atoms with Gasteiger partial charge in [-0.15, -0.1) is 0 Å². The monoisotopic (exact) mass is 556 g/mol. The number of halogens is 3. The summed E-state index contributed by atoms with van der Waals surface area (Å²) in [5.74, 6) is -0.650. The molecular weight excluding hydrogens is 521 g/mol. The van der Waals surface area contributed by atoms with Crippen LogP contribution in [0.15, 0.2) is 42.7 Å². The van der Waals surface area contributed by atoms with Crippen molar-refractivity contribution in [2.45, 2.75) is 95.6 Å². The highest BCUT2D eigenvalue weighted by Crippen LogP contribution is 2.40. The first-order valence-electron chi connectivity index (χ1n) is 14.0. The van der Waals surface area contributed by atoms with Gasteiger partial charge < -0.3 is 10.6 Å². The topological polar surface area (TPSA) is 93.8 Å². The lowest BCUT2D eigenvalue weighted by Gasteiger charge is -2.27. The predicted octanol–water partition coefficient (Wildman–Crippen LogP) is 5.44. The van der Waals surface area contributed by atoms with Crippen LogP contribution in [0.3, 0.4) is 0 Å². The van der Waals surface area contributed by atoms with E-state index in [9.17, 15) is 22.8 Å². The molecule has 0 spiro atoms. The third-order valence-corrected chi connectivity index (χ3v) is 7.85. The number of amides is 2. The van der Waals surface area contributed by atoms with Gasteiger partial charge in [0.2, 0.25) is 5.91 Å². The Balaban J connectivity index is 1.39. The lowest BCUT2D eigenvalue weighted by Crippen LogP contribution is -2.44. The van der Waals surface area contributed by atoms with Gasteiger partial charge in [0.1, 0.15) is 0 Å². The molecule has 2 fully saturated rings. The summed E-state index contributed by atoms with van der Waals surface area (Å²) in [5.41, 5.74) is 0.557. The number of benzene rings is 1. The van der Waals surface area contributed by atoms with Gasteiger partial charge in [0.15, 0.2) is 5.69 Å². The van der Waals surface area contributed by atoms with Crippen molar-refractivity contribution in [2.75, 3.05) is 0 Å². The van der Waals surface area contributed by atoms with Crippen LogP contribution in [-0.4, -0.2) is 43.5 Å². The molecule has 2 N–H and O–H groups in total. The molecule has 2 aliphatic rings. The van der Waals surface area contributed by atoms with Gasteiger partial charge >= 0.3 is 6.18 Å². The van der Waals surface area contributed by atoms with Crippen molar-refractivity contribution in [3.63, 3.8) is 0 Å². The SMILES string of the molecule is Cc1cnn(CC[C@@H](CC(=O)NC2CCC2)NC(=O)c2cc(-c3ccccc3C(F)(F)F)n(C3CCCC3)n2)c1. The van der Waals surface area contributed by atoms with Crippen molar-refractivity contribution >= 4 is 11.8 Å². The largest absolute Gasteiger partial charge is 0.417 e. The van der Waals surface area contributed by atoms with Gasteiger partial charge in [-0.25, -0.2) is 0 Å². The number of carbonyl (C=O) groups is 2. The molecule has 0 aliphatic heterocycles. The Bertz CT molecular complexity index is 1340. The highest BCUT2D eigenvalue weighted by molar-refractivity contribution is 5.94. The number of hydrogen-bond donors (Lipinski definition) is 2. The minimum atomic E-state index is -4.55. The van der Waals surface area contributed by atoms with Gasteiger partial charge in [0.05, 0.1) is 23.5 Å².